The molecule has 1 aliphatic carbocycles. The minimum Gasteiger partial charge on any atom is -0.367 e. The molecule has 33 heavy (non-hydrogen) atoms. The van der Waals surface area contributed by atoms with Crippen molar-refractivity contribution in [3.8, 4) is 0 Å². The Labute approximate surface area is 190 Å². The molecule has 1 aromatic carbocycles. The Balaban J connectivity index is 1.43. The summed E-state index contributed by atoms with van der Waals surface area (Å²) in [6.07, 6.45) is 6.53. The number of nitrogens with two attached hydrogens (primary N) is 1. The van der Waals surface area contributed by atoms with Crippen molar-refractivity contribution in [2.24, 2.45) is 11.1 Å². The Kier molecular flexibility index (Phi) is 6.77. The number of carbonyl (C=O) groups is 1. The van der Waals surface area contributed by atoms with Crippen LogP contribution in [0.1, 0.15) is 40.9 Å². The van der Waals surface area contributed by atoms with E-state index in [0.29, 0.717) is 17.8 Å². The fourth-order valence-corrected chi connectivity index (χ4v) is 4.24. The van der Waals surface area contributed by atoms with E-state index in [0.717, 1.165) is 12.8 Å². The third kappa shape index (κ3) is 5.97. The Morgan fingerprint density at radius 1 is 1.27 bits per heavy atom. The zero-order valence-electron chi connectivity index (χ0n) is 17.6. The number of halogens is 1. The Hall–Kier alpha value is -3.22. The molecule has 0 spiro atoms. The second-order valence-corrected chi connectivity index (χ2v) is 9.12. The largest absolute Gasteiger partial charge is 0.367 e. The van der Waals surface area contributed by atoms with Gasteiger partial charge in [-0.1, -0.05) is 18.2 Å². The summed E-state index contributed by atoms with van der Waals surface area (Å²) in [6.45, 7) is 0.215. The number of hydrogen-bond donors (Lipinski definition) is 2. The van der Waals surface area contributed by atoms with Crippen LogP contribution in [0.2, 0.25) is 0 Å². The molecule has 3 N–H and O–H groups in total. The van der Waals surface area contributed by atoms with Gasteiger partial charge in [-0.25, -0.2) is 19.5 Å². The van der Waals surface area contributed by atoms with E-state index in [4.69, 9.17) is 9.32 Å². The van der Waals surface area contributed by atoms with Gasteiger partial charge in [0.1, 0.15) is 23.7 Å². The van der Waals surface area contributed by atoms with E-state index in [1.807, 2.05) is 0 Å². The van der Waals surface area contributed by atoms with Crippen LogP contribution >= 0.6 is 0 Å². The standard InChI is InChI=1S/C21H23FN6O4S/c22-18-4-2-1-3-15(18)11-28-8-7-19(27-28)20(29)17-10-24-13-25-21(17)26-16-6-5-14(9-16)12-32-33(23,30)31/h1-4,7-8,10,13-14,16H,5-6,9,11-12H2,(H2,23,30,31)(H,24,25,26)/t14-,16+/m1/s1. The van der Waals surface area contributed by atoms with Crippen LogP contribution in [0, 0.1) is 11.7 Å². The summed E-state index contributed by atoms with van der Waals surface area (Å²) in [5.74, 6) is -0.307. The number of nitrogens with zero attached hydrogens (tertiary/aromatic N) is 4. The molecule has 0 amide bonds. The Bertz CT molecular complexity index is 1250. The van der Waals surface area contributed by atoms with Gasteiger partial charge < -0.3 is 5.32 Å². The average molecular weight is 475 g/mol. The first-order valence-corrected chi connectivity index (χ1v) is 11.8. The second-order valence-electron chi connectivity index (χ2n) is 7.90. The number of benzene rings is 1. The molecule has 1 saturated carbocycles. The van der Waals surface area contributed by atoms with Crippen molar-refractivity contribution in [3.05, 3.63) is 71.7 Å². The average Bonchev–Trinajstić information content (AvgIpc) is 3.43. The molecule has 2 heterocycles. The maximum atomic E-state index is 13.9. The van der Waals surface area contributed by atoms with Gasteiger partial charge in [-0.15, -0.1) is 0 Å². The predicted octanol–water partition coefficient (Wildman–Crippen LogP) is 1.89. The number of rotatable bonds is 9. The van der Waals surface area contributed by atoms with Crippen LogP contribution in [0.4, 0.5) is 10.2 Å². The third-order valence-corrected chi connectivity index (χ3v) is 5.94. The highest BCUT2D eigenvalue weighted by Crippen LogP contribution is 2.29. The number of anilines is 1. The van der Waals surface area contributed by atoms with Crippen LogP contribution in [0.5, 0.6) is 0 Å². The highest BCUT2D eigenvalue weighted by molar-refractivity contribution is 7.84. The molecule has 1 fully saturated rings. The number of hydrogen-bond acceptors (Lipinski definition) is 8. The first-order chi connectivity index (χ1) is 15.8. The molecule has 0 bridgehead atoms. The Morgan fingerprint density at radius 3 is 2.88 bits per heavy atom. The molecule has 4 rings (SSSR count). The van der Waals surface area contributed by atoms with E-state index in [1.54, 1.807) is 30.5 Å². The van der Waals surface area contributed by atoms with Gasteiger partial charge in [0, 0.05) is 24.0 Å². The molecule has 174 valence electrons. The zero-order valence-corrected chi connectivity index (χ0v) is 18.4. The highest BCUT2D eigenvalue weighted by Gasteiger charge is 2.28. The lowest BCUT2D eigenvalue weighted by Gasteiger charge is -2.15. The summed E-state index contributed by atoms with van der Waals surface area (Å²) in [4.78, 5) is 21.3. The maximum absolute atomic E-state index is 13.9. The van der Waals surface area contributed by atoms with Crippen molar-refractivity contribution in [2.75, 3.05) is 11.9 Å². The number of nitrogens with one attached hydrogen (secondary N) is 1. The minimum atomic E-state index is -3.97. The van der Waals surface area contributed by atoms with Crippen molar-refractivity contribution < 1.29 is 21.8 Å². The summed E-state index contributed by atoms with van der Waals surface area (Å²) in [6, 6.07) is 7.94. The van der Waals surface area contributed by atoms with Crippen LogP contribution in [0.3, 0.4) is 0 Å². The van der Waals surface area contributed by atoms with Crippen molar-refractivity contribution >= 4 is 21.9 Å². The summed E-state index contributed by atoms with van der Waals surface area (Å²) in [5.41, 5.74) is 0.917. The number of aromatic nitrogens is 4. The molecule has 10 nitrogen and oxygen atoms in total. The maximum Gasteiger partial charge on any atom is 0.333 e. The predicted molar refractivity (Wildman–Crippen MR) is 117 cm³/mol. The van der Waals surface area contributed by atoms with Crippen LogP contribution in [0.15, 0.2) is 49.1 Å². The van der Waals surface area contributed by atoms with Crippen LogP contribution in [-0.2, 0) is 21.0 Å². The summed E-state index contributed by atoms with van der Waals surface area (Å²) in [5, 5.41) is 12.4. The lowest BCUT2D eigenvalue weighted by atomic mass is 10.1. The SMILES string of the molecule is NS(=O)(=O)OC[C@@H]1CC[C@H](Nc2ncncc2C(=O)c2ccn(Cc3ccccc3F)n2)C1. The van der Waals surface area contributed by atoms with E-state index < -0.39 is 10.3 Å². The molecular weight excluding hydrogens is 451 g/mol. The van der Waals surface area contributed by atoms with Gasteiger partial charge in [0.05, 0.1) is 18.7 Å². The Morgan fingerprint density at radius 2 is 2.09 bits per heavy atom. The quantitative estimate of drug-likeness (QED) is 0.448. The van der Waals surface area contributed by atoms with Gasteiger partial charge in [0.25, 0.3) is 0 Å². The summed E-state index contributed by atoms with van der Waals surface area (Å²) >= 11 is 0. The van der Waals surface area contributed by atoms with E-state index in [1.165, 1.54) is 23.3 Å². The number of carbonyl (C=O) groups excluding carboxylic acids is 1. The molecule has 0 aliphatic heterocycles. The zero-order chi connectivity index (χ0) is 23.4. The molecule has 0 unspecified atom stereocenters. The summed E-state index contributed by atoms with van der Waals surface area (Å²) < 4.78 is 42.1. The van der Waals surface area contributed by atoms with Crippen molar-refractivity contribution in [2.45, 2.75) is 31.8 Å². The highest BCUT2D eigenvalue weighted by atomic mass is 32.2. The third-order valence-electron chi connectivity index (χ3n) is 5.47. The van der Waals surface area contributed by atoms with E-state index in [9.17, 15) is 17.6 Å². The van der Waals surface area contributed by atoms with Crippen LogP contribution < -0.4 is 10.5 Å². The van der Waals surface area contributed by atoms with Crippen LogP contribution in [0.25, 0.3) is 0 Å². The van der Waals surface area contributed by atoms with Crippen LogP contribution in [-0.4, -0.2) is 46.6 Å². The van der Waals surface area contributed by atoms with Gasteiger partial charge >= 0.3 is 10.3 Å². The van der Waals surface area contributed by atoms with E-state index in [-0.39, 0.29) is 48.0 Å². The van der Waals surface area contributed by atoms with Crippen molar-refractivity contribution in [3.63, 3.8) is 0 Å². The van der Waals surface area contributed by atoms with Crippen molar-refractivity contribution in [1.82, 2.24) is 19.7 Å². The topological polar surface area (TPSA) is 142 Å². The second kappa shape index (κ2) is 9.73. The first-order valence-electron chi connectivity index (χ1n) is 10.3. The van der Waals surface area contributed by atoms with Gasteiger partial charge in [-0.05, 0) is 37.3 Å². The smallest absolute Gasteiger partial charge is 0.333 e. The molecule has 2 aromatic heterocycles. The fourth-order valence-electron chi connectivity index (χ4n) is 3.86. The molecule has 12 heteroatoms. The number of ketones is 1. The molecular formula is C21H23FN6O4S. The van der Waals surface area contributed by atoms with Crippen molar-refractivity contribution in [1.29, 1.82) is 0 Å². The molecule has 2 atom stereocenters. The van der Waals surface area contributed by atoms with E-state index in [2.05, 4.69) is 20.4 Å². The van der Waals surface area contributed by atoms with Gasteiger partial charge in [-0.3, -0.25) is 13.7 Å². The lowest BCUT2D eigenvalue weighted by molar-refractivity contribution is 0.103. The first kappa shape index (κ1) is 23.0. The summed E-state index contributed by atoms with van der Waals surface area (Å²) in [7, 11) is -3.97. The van der Waals surface area contributed by atoms with E-state index >= 15 is 0 Å². The normalized spacial score (nSPS) is 18.4. The van der Waals surface area contributed by atoms with Gasteiger partial charge in [-0.2, -0.15) is 13.5 Å². The monoisotopic (exact) mass is 474 g/mol. The van der Waals surface area contributed by atoms with Gasteiger partial charge in [0.2, 0.25) is 5.78 Å². The fraction of sp³-hybridized carbons (Fsp3) is 0.333. The molecule has 1 aliphatic rings. The lowest BCUT2D eigenvalue weighted by Crippen LogP contribution is -2.22. The minimum absolute atomic E-state index is 0.0147. The molecule has 0 saturated heterocycles. The van der Waals surface area contributed by atoms with Gasteiger partial charge in [0.15, 0.2) is 0 Å². The molecule has 0 radical (unpaired) electrons. The molecule has 3 aromatic rings.